The zero-order valence-corrected chi connectivity index (χ0v) is 8.66. The lowest BCUT2D eigenvalue weighted by molar-refractivity contribution is 0.100. The Hall–Kier alpha value is -1.35. The number of ether oxygens (including phenoxy) is 2. The highest BCUT2D eigenvalue weighted by atomic mass is 16.5. The van der Waals surface area contributed by atoms with Gasteiger partial charge in [0.2, 0.25) is 0 Å². The summed E-state index contributed by atoms with van der Waals surface area (Å²) >= 11 is 0. The number of carbonyl (C=O) groups excluding carboxylic acids is 1. The van der Waals surface area contributed by atoms with Crippen molar-refractivity contribution in [2.24, 2.45) is 0 Å². The summed E-state index contributed by atoms with van der Waals surface area (Å²) < 4.78 is 10.1. The number of benzene rings is 1. The number of rotatable bonds is 4. The van der Waals surface area contributed by atoms with Crippen LogP contribution in [-0.2, 0) is 11.3 Å². The van der Waals surface area contributed by atoms with Gasteiger partial charge < -0.3 is 9.47 Å². The summed E-state index contributed by atoms with van der Waals surface area (Å²) in [6.07, 6.45) is 0. The van der Waals surface area contributed by atoms with Crippen LogP contribution in [0, 0.1) is 0 Å². The zero-order valence-electron chi connectivity index (χ0n) is 8.66. The molecule has 0 spiro atoms. The lowest BCUT2D eigenvalue weighted by atomic mass is 10.0. The molecule has 0 heterocycles. The average Bonchev–Trinajstić information content (AvgIpc) is 2.17. The van der Waals surface area contributed by atoms with E-state index in [9.17, 15) is 4.79 Å². The lowest BCUT2D eigenvalue weighted by Gasteiger charge is -2.10. The fraction of sp³-hybridized carbons (Fsp3) is 0.364. The number of ketones is 1. The molecule has 0 fully saturated rings. The fourth-order valence-corrected chi connectivity index (χ4v) is 1.42. The minimum atomic E-state index is -0.00509. The maximum Gasteiger partial charge on any atom is 0.163 e. The molecule has 0 radical (unpaired) electrons. The maximum atomic E-state index is 11.4. The highest BCUT2D eigenvalue weighted by molar-refractivity contribution is 5.98. The van der Waals surface area contributed by atoms with Gasteiger partial charge in [0.1, 0.15) is 5.75 Å². The van der Waals surface area contributed by atoms with Crippen molar-refractivity contribution >= 4 is 5.78 Å². The number of carbonyl (C=O) groups is 1. The summed E-state index contributed by atoms with van der Waals surface area (Å²) in [5, 5.41) is 0. The lowest BCUT2D eigenvalue weighted by Crippen LogP contribution is -2.03. The second kappa shape index (κ2) is 4.77. The third-order valence-electron chi connectivity index (χ3n) is 1.98. The Morgan fingerprint density at radius 2 is 2.07 bits per heavy atom. The molecule has 14 heavy (non-hydrogen) atoms. The molecule has 0 aliphatic heterocycles. The molecule has 0 N–H and O–H groups in total. The molecule has 3 heteroatoms. The van der Waals surface area contributed by atoms with E-state index in [4.69, 9.17) is 9.47 Å². The quantitative estimate of drug-likeness (QED) is 0.688. The van der Waals surface area contributed by atoms with E-state index in [1.165, 1.54) is 6.92 Å². The first kappa shape index (κ1) is 10.7. The molecule has 0 aliphatic carbocycles. The van der Waals surface area contributed by atoms with Crippen molar-refractivity contribution in [3.05, 3.63) is 29.3 Å². The highest BCUT2D eigenvalue weighted by Gasteiger charge is 2.12. The molecule has 0 aliphatic rings. The van der Waals surface area contributed by atoms with Crippen LogP contribution in [0.15, 0.2) is 18.2 Å². The molecule has 0 aromatic heterocycles. The van der Waals surface area contributed by atoms with E-state index < -0.39 is 0 Å². The predicted octanol–water partition coefficient (Wildman–Crippen LogP) is 2.04. The van der Waals surface area contributed by atoms with Gasteiger partial charge in [0, 0.05) is 7.11 Å². The third-order valence-corrected chi connectivity index (χ3v) is 1.98. The fourth-order valence-electron chi connectivity index (χ4n) is 1.42. The SMILES string of the molecule is COCc1cccc(OC)c1C(C)=O. The van der Waals surface area contributed by atoms with Crippen molar-refractivity contribution in [1.82, 2.24) is 0 Å². The van der Waals surface area contributed by atoms with Crippen LogP contribution >= 0.6 is 0 Å². The molecule has 0 saturated heterocycles. The molecule has 0 unspecified atom stereocenters. The molecule has 1 aromatic carbocycles. The molecule has 0 bridgehead atoms. The highest BCUT2D eigenvalue weighted by Crippen LogP contribution is 2.23. The summed E-state index contributed by atoms with van der Waals surface area (Å²) in [6, 6.07) is 5.48. The maximum absolute atomic E-state index is 11.4. The van der Waals surface area contributed by atoms with E-state index in [0.29, 0.717) is 17.9 Å². The first-order valence-electron chi connectivity index (χ1n) is 4.36. The minimum Gasteiger partial charge on any atom is -0.496 e. The van der Waals surface area contributed by atoms with Crippen molar-refractivity contribution in [2.75, 3.05) is 14.2 Å². The van der Waals surface area contributed by atoms with Gasteiger partial charge in [-0.05, 0) is 18.6 Å². The van der Waals surface area contributed by atoms with Crippen LogP contribution in [0.1, 0.15) is 22.8 Å². The largest absolute Gasteiger partial charge is 0.496 e. The summed E-state index contributed by atoms with van der Waals surface area (Å²) in [7, 11) is 3.15. The number of hydrogen-bond donors (Lipinski definition) is 0. The molecule has 1 rings (SSSR count). The zero-order chi connectivity index (χ0) is 10.6. The Morgan fingerprint density at radius 1 is 1.36 bits per heavy atom. The summed E-state index contributed by atoms with van der Waals surface area (Å²) in [4.78, 5) is 11.4. The van der Waals surface area contributed by atoms with Crippen LogP contribution in [0.2, 0.25) is 0 Å². The van der Waals surface area contributed by atoms with E-state index in [1.54, 1.807) is 20.3 Å². The molecule has 76 valence electrons. The average molecular weight is 194 g/mol. The standard InChI is InChI=1S/C11H14O3/c1-8(12)11-9(7-13-2)5-4-6-10(11)14-3/h4-6H,7H2,1-3H3. The normalized spacial score (nSPS) is 9.93. The van der Waals surface area contributed by atoms with Crippen molar-refractivity contribution < 1.29 is 14.3 Å². The first-order chi connectivity index (χ1) is 6.70. The van der Waals surface area contributed by atoms with Crippen molar-refractivity contribution in [3.8, 4) is 5.75 Å². The second-order valence-electron chi connectivity index (χ2n) is 2.98. The molecule has 0 saturated carbocycles. The van der Waals surface area contributed by atoms with Gasteiger partial charge in [-0.1, -0.05) is 12.1 Å². The summed E-state index contributed by atoms with van der Waals surface area (Å²) in [6.45, 7) is 1.95. The van der Waals surface area contributed by atoms with Crippen molar-refractivity contribution in [2.45, 2.75) is 13.5 Å². The van der Waals surface area contributed by atoms with Gasteiger partial charge in [-0.15, -0.1) is 0 Å². The topological polar surface area (TPSA) is 35.5 Å². The van der Waals surface area contributed by atoms with Crippen LogP contribution in [0.25, 0.3) is 0 Å². The van der Waals surface area contributed by atoms with Crippen LogP contribution in [-0.4, -0.2) is 20.0 Å². The number of methoxy groups -OCH3 is 2. The van der Waals surface area contributed by atoms with E-state index in [2.05, 4.69) is 0 Å². The molecule has 3 nitrogen and oxygen atoms in total. The molecule has 0 amide bonds. The Balaban J connectivity index is 3.20. The first-order valence-corrected chi connectivity index (χ1v) is 4.36. The van der Waals surface area contributed by atoms with Gasteiger partial charge in [-0.25, -0.2) is 0 Å². The van der Waals surface area contributed by atoms with Crippen molar-refractivity contribution in [3.63, 3.8) is 0 Å². The predicted molar refractivity (Wildman–Crippen MR) is 53.7 cm³/mol. The van der Waals surface area contributed by atoms with Gasteiger partial charge in [-0.3, -0.25) is 4.79 Å². The van der Waals surface area contributed by atoms with Gasteiger partial charge >= 0.3 is 0 Å². The molecule has 0 atom stereocenters. The molecular weight excluding hydrogens is 180 g/mol. The van der Waals surface area contributed by atoms with Gasteiger partial charge in [0.05, 0.1) is 19.3 Å². The Kier molecular flexibility index (Phi) is 3.65. The van der Waals surface area contributed by atoms with Gasteiger partial charge in [-0.2, -0.15) is 0 Å². The summed E-state index contributed by atoms with van der Waals surface area (Å²) in [5.74, 6) is 0.599. The van der Waals surface area contributed by atoms with E-state index in [0.717, 1.165) is 5.56 Å². The monoisotopic (exact) mass is 194 g/mol. The van der Waals surface area contributed by atoms with Crippen molar-refractivity contribution in [1.29, 1.82) is 0 Å². The Morgan fingerprint density at radius 3 is 2.57 bits per heavy atom. The minimum absolute atomic E-state index is 0.00509. The van der Waals surface area contributed by atoms with Gasteiger partial charge in [0.25, 0.3) is 0 Å². The van der Waals surface area contributed by atoms with Crippen LogP contribution < -0.4 is 4.74 Å². The molecular formula is C11H14O3. The number of Topliss-reactive ketones (excluding diaryl/α,β-unsaturated/α-hetero) is 1. The van der Waals surface area contributed by atoms with Crippen LogP contribution in [0.5, 0.6) is 5.75 Å². The van der Waals surface area contributed by atoms with Crippen LogP contribution in [0.3, 0.4) is 0 Å². The Bertz CT molecular complexity index is 331. The second-order valence-corrected chi connectivity index (χ2v) is 2.98. The summed E-state index contributed by atoms with van der Waals surface area (Å²) in [5.41, 5.74) is 1.47. The Labute approximate surface area is 83.6 Å². The third kappa shape index (κ3) is 2.12. The van der Waals surface area contributed by atoms with E-state index in [-0.39, 0.29) is 5.78 Å². The van der Waals surface area contributed by atoms with E-state index in [1.807, 2.05) is 12.1 Å². The van der Waals surface area contributed by atoms with Gasteiger partial charge in [0.15, 0.2) is 5.78 Å². The van der Waals surface area contributed by atoms with Crippen LogP contribution in [0.4, 0.5) is 0 Å². The smallest absolute Gasteiger partial charge is 0.163 e. The number of hydrogen-bond acceptors (Lipinski definition) is 3. The molecule has 1 aromatic rings. The van der Waals surface area contributed by atoms with E-state index >= 15 is 0 Å².